The Kier molecular flexibility index (Phi) is 7.04. The number of nitro groups is 1. The lowest BCUT2D eigenvalue weighted by molar-refractivity contribution is -0.387. The Morgan fingerprint density at radius 3 is 2.28 bits per heavy atom. The number of nitrogens with one attached hydrogen (secondary N) is 1. The van der Waals surface area contributed by atoms with Gasteiger partial charge >= 0.3 is 6.18 Å². The molecule has 166 valence electrons. The van der Waals surface area contributed by atoms with Crippen molar-refractivity contribution in [3.63, 3.8) is 0 Å². The number of thioether (sulfide) groups is 1. The molecular formula is C22H17F3N2O4S. The number of benzene rings is 3. The Labute approximate surface area is 185 Å². The number of methoxy groups -OCH3 is 1. The van der Waals surface area contributed by atoms with Crippen molar-refractivity contribution in [3.05, 3.63) is 93.5 Å². The minimum atomic E-state index is -4.48. The maximum absolute atomic E-state index is 12.7. The first-order chi connectivity index (χ1) is 15.2. The molecule has 3 aromatic rings. The van der Waals surface area contributed by atoms with E-state index in [0.29, 0.717) is 16.4 Å². The van der Waals surface area contributed by atoms with E-state index in [1.165, 1.54) is 23.9 Å². The van der Waals surface area contributed by atoms with E-state index in [2.05, 4.69) is 5.32 Å². The minimum Gasteiger partial charge on any atom is -0.497 e. The smallest absolute Gasteiger partial charge is 0.416 e. The second-order valence-corrected chi connectivity index (χ2v) is 7.62. The Morgan fingerprint density at radius 2 is 1.72 bits per heavy atom. The van der Waals surface area contributed by atoms with Gasteiger partial charge in [0, 0.05) is 23.1 Å². The number of anilines is 1. The van der Waals surface area contributed by atoms with Gasteiger partial charge in [-0.05, 0) is 54.1 Å². The number of amides is 1. The number of halogens is 3. The molecule has 10 heteroatoms. The van der Waals surface area contributed by atoms with Crippen molar-refractivity contribution in [2.45, 2.75) is 16.8 Å². The van der Waals surface area contributed by atoms with Gasteiger partial charge in [-0.1, -0.05) is 12.1 Å². The average molecular weight is 462 g/mol. The quantitative estimate of drug-likeness (QED) is 0.258. The fourth-order valence-electron chi connectivity index (χ4n) is 2.75. The van der Waals surface area contributed by atoms with Gasteiger partial charge in [-0.15, -0.1) is 11.8 Å². The lowest BCUT2D eigenvalue weighted by atomic mass is 10.1. The molecule has 3 aromatic carbocycles. The van der Waals surface area contributed by atoms with E-state index >= 15 is 0 Å². The summed E-state index contributed by atoms with van der Waals surface area (Å²) < 4.78 is 43.1. The number of carbonyl (C=O) groups is 1. The molecule has 32 heavy (non-hydrogen) atoms. The number of nitrogens with zero attached hydrogens (tertiary/aromatic N) is 1. The Bertz CT molecular complexity index is 1120. The maximum Gasteiger partial charge on any atom is 0.416 e. The third-order valence-electron chi connectivity index (χ3n) is 4.44. The van der Waals surface area contributed by atoms with Crippen molar-refractivity contribution in [2.24, 2.45) is 0 Å². The highest BCUT2D eigenvalue weighted by molar-refractivity contribution is 7.98. The van der Waals surface area contributed by atoms with E-state index in [1.54, 1.807) is 19.2 Å². The van der Waals surface area contributed by atoms with E-state index in [9.17, 15) is 28.1 Å². The van der Waals surface area contributed by atoms with Crippen molar-refractivity contribution >= 4 is 29.0 Å². The van der Waals surface area contributed by atoms with Gasteiger partial charge in [-0.2, -0.15) is 13.2 Å². The maximum atomic E-state index is 12.7. The van der Waals surface area contributed by atoms with Gasteiger partial charge in [-0.3, -0.25) is 14.9 Å². The van der Waals surface area contributed by atoms with E-state index in [-0.39, 0.29) is 16.9 Å². The number of nitro benzene ring substituents is 1. The molecule has 0 saturated carbocycles. The summed E-state index contributed by atoms with van der Waals surface area (Å²) >= 11 is 1.25. The monoisotopic (exact) mass is 462 g/mol. The van der Waals surface area contributed by atoms with E-state index in [4.69, 9.17) is 4.74 Å². The molecule has 0 radical (unpaired) electrons. The van der Waals surface area contributed by atoms with Crippen molar-refractivity contribution < 1.29 is 27.6 Å². The third kappa shape index (κ3) is 5.79. The Morgan fingerprint density at radius 1 is 1.06 bits per heavy atom. The molecule has 0 bridgehead atoms. The fraction of sp³-hybridized carbons (Fsp3) is 0.136. The molecule has 1 amide bonds. The van der Waals surface area contributed by atoms with Crippen LogP contribution in [0.3, 0.4) is 0 Å². The second kappa shape index (κ2) is 9.73. The largest absolute Gasteiger partial charge is 0.497 e. The number of hydrogen-bond acceptors (Lipinski definition) is 5. The van der Waals surface area contributed by atoms with Crippen LogP contribution in [0.15, 0.2) is 71.6 Å². The van der Waals surface area contributed by atoms with E-state index in [0.717, 1.165) is 35.9 Å². The van der Waals surface area contributed by atoms with Crippen molar-refractivity contribution in [1.29, 1.82) is 0 Å². The van der Waals surface area contributed by atoms with Crippen molar-refractivity contribution in [2.75, 3.05) is 12.4 Å². The minimum absolute atomic E-state index is 0.0189. The zero-order chi connectivity index (χ0) is 23.3. The highest BCUT2D eigenvalue weighted by Crippen LogP contribution is 2.33. The van der Waals surface area contributed by atoms with Crippen LogP contribution in [-0.4, -0.2) is 17.9 Å². The number of alkyl halides is 3. The summed E-state index contributed by atoms with van der Waals surface area (Å²) in [7, 11) is 1.56. The number of hydrogen-bond donors (Lipinski definition) is 1. The highest BCUT2D eigenvalue weighted by Gasteiger charge is 2.30. The first-order valence-corrected chi connectivity index (χ1v) is 10.2. The van der Waals surface area contributed by atoms with Gasteiger partial charge in [-0.25, -0.2) is 0 Å². The molecule has 0 saturated heterocycles. The molecule has 0 aliphatic heterocycles. The van der Waals surface area contributed by atoms with Crippen LogP contribution in [0.5, 0.6) is 5.75 Å². The highest BCUT2D eigenvalue weighted by atomic mass is 32.2. The van der Waals surface area contributed by atoms with Crippen LogP contribution in [0.1, 0.15) is 21.5 Å². The van der Waals surface area contributed by atoms with Crippen LogP contribution >= 0.6 is 11.8 Å². The Hall–Kier alpha value is -3.53. The zero-order valence-corrected chi connectivity index (χ0v) is 17.5. The van der Waals surface area contributed by atoms with Crippen molar-refractivity contribution in [3.8, 4) is 5.75 Å². The predicted octanol–water partition coefficient (Wildman–Crippen LogP) is 6.17. The van der Waals surface area contributed by atoms with Gasteiger partial charge in [0.25, 0.3) is 11.6 Å². The topological polar surface area (TPSA) is 81.5 Å². The SMILES string of the molecule is COc1ccc(CSc2ccc(C(=O)Nc3ccc(C(F)(F)F)cc3)cc2[N+](=O)[O-])cc1. The van der Waals surface area contributed by atoms with E-state index in [1.807, 2.05) is 12.1 Å². The molecule has 6 nitrogen and oxygen atoms in total. The molecule has 0 aliphatic rings. The molecule has 0 atom stereocenters. The summed E-state index contributed by atoms with van der Waals surface area (Å²) in [6.07, 6.45) is -4.48. The summed E-state index contributed by atoms with van der Waals surface area (Å²) in [6, 6.07) is 15.3. The first-order valence-electron chi connectivity index (χ1n) is 9.20. The molecule has 0 fully saturated rings. The molecule has 3 rings (SSSR count). The molecule has 1 N–H and O–H groups in total. The lowest BCUT2D eigenvalue weighted by Gasteiger charge is -2.10. The van der Waals surface area contributed by atoms with Gasteiger partial charge in [0.05, 0.1) is 22.5 Å². The van der Waals surface area contributed by atoms with Crippen LogP contribution in [0.25, 0.3) is 0 Å². The summed E-state index contributed by atoms with van der Waals surface area (Å²) in [6.45, 7) is 0. The van der Waals surface area contributed by atoms with Gasteiger partial charge in [0.1, 0.15) is 5.75 Å². The average Bonchev–Trinajstić information content (AvgIpc) is 2.77. The van der Waals surface area contributed by atoms with E-state index < -0.39 is 22.6 Å². The number of carbonyl (C=O) groups excluding carboxylic acids is 1. The number of ether oxygens (including phenoxy) is 1. The van der Waals surface area contributed by atoms with Crippen molar-refractivity contribution in [1.82, 2.24) is 0 Å². The van der Waals surface area contributed by atoms with Crippen LogP contribution in [-0.2, 0) is 11.9 Å². The summed E-state index contributed by atoms with van der Waals surface area (Å²) in [5, 5.41) is 14.0. The zero-order valence-electron chi connectivity index (χ0n) is 16.7. The molecule has 0 aliphatic carbocycles. The van der Waals surface area contributed by atoms with Gasteiger partial charge < -0.3 is 10.1 Å². The summed E-state index contributed by atoms with van der Waals surface area (Å²) in [5.74, 6) is 0.509. The van der Waals surface area contributed by atoms with Gasteiger partial charge in [0.15, 0.2) is 0 Å². The van der Waals surface area contributed by atoms with Crippen LogP contribution in [0.2, 0.25) is 0 Å². The fourth-order valence-corrected chi connectivity index (χ4v) is 3.71. The van der Waals surface area contributed by atoms with Crippen LogP contribution in [0, 0.1) is 10.1 Å². The Balaban J connectivity index is 1.72. The second-order valence-electron chi connectivity index (χ2n) is 6.61. The van der Waals surface area contributed by atoms with Gasteiger partial charge in [0.2, 0.25) is 0 Å². The molecule has 0 unspecified atom stereocenters. The number of rotatable bonds is 7. The summed E-state index contributed by atoms with van der Waals surface area (Å²) in [4.78, 5) is 23.8. The van der Waals surface area contributed by atoms with Crippen LogP contribution in [0.4, 0.5) is 24.5 Å². The standard InChI is InChI=1S/C22H17F3N2O4S/c1-31-18-9-2-14(3-10-18)13-32-20-11-4-15(12-19(20)27(29)30)21(28)26-17-7-5-16(6-8-17)22(23,24)25/h2-12H,13H2,1H3,(H,26,28). The lowest BCUT2D eigenvalue weighted by Crippen LogP contribution is -2.13. The summed E-state index contributed by atoms with van der Waals surface area (Å²) in [5.41, 5.74) is 0.0242. The predicted molar refractivity (Wildman–Crippen MR) is 115 cm³/mol. The molecule has 0 heterocycles. The third-order valence-corrected chi connectivity index (χ3v) is 5.58. The first kappa shape index (κ1) is 23.1. The molecular weight excluding hydrogens is 445 g/mol. The molecule has 0 aromatic heterocycles. The molecule has 0 spiro atoms. The van der Waals surface area contributed by atoms with Crippen LogP contribution < -0.4 is 10.1 Å². The normalized spacial score (nSPS) is 11.1.